The van der Waals surface area contributed by atoms with E-state index < -0.39 is 0 Å². The molecule has 0 aromatic carbocycles. The minimum atomic E-state index is -0.167. The Morgan fingerprint density at radius 1 is 1.41 bits per heavy atom. The maximum absolute atomic E-state index is 12.3. The van der Waals surface area contributed by atoms with Gasteiger partial charge in [-0.25, -0.2) is 4.98 Å². The van der Waals surface area contributed by atoms with Crippen LogP contribution in [-0.2, 0) is 10.3 Å². The van der Waals surface area contributed by atoms with Gasteiger partial charge in [0.1, 0.15) is 5.01 Å². The van der Waals surface area contributed by atoms with Gasteiger partial charge in [0.05, 0.1) is 5.54 Å². The first-order valence-electron chi connectivity index (χ1n) is 7.70. The molecule has 3 rings (SSSR count). The van der Waals surface area contributed by atoms with Crippen LogP contribution in [-0.4, -0.2) is 24.0 Å². The average Bonchev–Trinajstić information content (AvgIpc) is 3.18. The van der Waals surface area contributed by atoms with E-state index in [2.05, 4.69) is 15.6 Å². The summed E-state index contributed by atoms with van der Waals surface area (Å²) >= 11 is 1.67. The SMILES string of the molecule is Cl.Cl.O=C(CCC1CCNC1)NC1(c2nccs2)CCCC1. The van der Waals surface area contributed by atoms with Crippen molar-refractivity contribution in [1.29, 1.82) is 0 Å². The summed E-state index contributed by atoms with van der Waals surface area (Å²) in [4.78, 5) is 16.8. The van der Waals surface area contributed by atoms with Gasteiger partial charge < -0.3 is 10.6 Å². The third kappa shape index (κ3) is 4.57. The molecule has 0 bridgehead atoms. The van der Waals surface area contributed by atoms with Gasteiger partial charge >= 0.3 is 0 Å². The second-order valence-corrected chi connectivity index (χ2v) is 6.97. The zero-order chi connectivity index (χ0) is 13.8. The maximum Gasteiger partial charge on any atom is 0.220 e. The van der Waals surface area contributed by atoms with E-state index in [-0.39, 0.29) is 36.3 Å². The number of halogens is 2. The second-order valence-electron chi connectivity index (χ2n) is 6.07. The summed E-state index contributed by atoms with van der Waals surface area (Å²) in [7, 11) is 0. The fourth-order valence-electron chi connectivity index (χ4n) is 3.46. The molecule has 2 aliphatic rings. The van der Waals surface area contributed by atoms with Crippen LogP contribution in [0.15, 0.2) is 11.6 Å². The van der Waals surface area contributed by atoms with E-state index in [1.807, 2.05) is 11.6 Å². The van der Waals surface area contributed by atoms with Gasteiger partial charge in [0, 0.05) is 18.0 Å². The van der Waals surface area contributed by atoms with Crippen LogP contribution >= 0.6 is 36.2 Å². The first kappa shape index (κ1) is 19.7. The highest BCUT2D eigenvalue weighted by Crippen LogP contribution is 2.39. The van der Waals surface area contributed by atoms with Crippen molar-refractivity contribution < 1.29 is 4.79 Å². The molecule has 1 saturated carbocycles. The number of carbonyl (C=O) groups is 1. The molecule has 1 saturated heterocycles. The van der Waals surface area contributed by atoms with Crippen LogP contribution in [0, 0.1) is 5.92 Å². The van der Waals surface area contributed by atoms with Crippen LogP contribution in [0.2, 0.25) is 0 Å². The molecule has 2 heterocycles. The van der Waals surface area contributed by atoms with Gasteiger partial charge in [-0.15, -0.1) is 36.2 Å². The number of hydrogen-bond acceptors (Lipinski definition) is 4. The Bertz CT molecular complexity index is 444. The molecule has 1 aliphatic carbocycles. The minimum Gasteiger partial charge on any atom is -0.344 e. The first-order chi connectivity index (χ1) is 9.78. The summed E-state index contributed by atoms with van der Waals surface area (Å²) in [5.74, 6) is 0.883. The lowest BCUT2D eigenvalue weighted by atomic mass is 9.97. The molecule has 2 N–H and O–H groups in total. The molecule has 1 aromatic rings. The Labute approximate surface area is 148 Å². The minimum absolute atomic E-state index is 0. The molecule has 1 aliphatic heterocycles. The summed E-state index contributed by atoms with van der Waals surface area (Å²) in [6.07, 6.45) is 9.17. The Morgan fingerprint density at radius 3 is 2.77 bits per heavy atom. The molecular formula is C15H25Cl2N3OS. The summed E-state index contributed by atoms with van der Waals surface area (Å²) < 4.78 is 0. The average molecular weight is 366 g/mol. The topological polar surface area (TPSA) is 54.0 Å². The lowest BCUT2D eigenvalue weighted by molar-refractivity contribution is -0.123. The maximum atomic E-state index is 12.3. The van der Waals surface area contributed by atoms with Gasteiger partial charge in [-0.3, -0.25) is 4.79 Å². The highest BCUT2D eigenvalue weighted by Gasteiger charge is 2.39. The van der Waals surface area contributed by atoms with E-state index in [0.29, 0.717) is 12.3 Å². The molecule has 1 aromatic heterocycles. The third-order valence-corrected chi connectivity index (χ3v) is 5.60. The van der Waals surface area contributed by atoms with E-state index in [1.165, 1.54) is 19.3 Å². The van der Waals surface area contributed by atoms with Crippen LogP contribution in [0.4, 0.5) is 0 Å². The summed E-state index contributed by atoms with van der Waals surface area (Å²) in [6, 6.07) is 0. The molecule has 1 amide bonds. The normalized spacial score (nSPS) is 22.6. The Kier molecular flexibility index (Phi) is 8.11. The van der Waals surface area contributed by atoms with Crippen LogP contribution in [0.5, 0.6) is 0 Å². The van der Waals surface area contributed by atoms with Gasteiger partial charge in [0.2, 0.25) is 5.91 Å². The van der Waals surface area contributed by atoms with Crippen molar-refractivity contribution in [3.05, 3.63) is 16.6 Å². The predicted molar refractivity (Wildman–Crippen MR) is 95.1 cm³/mol. The summed E-state index contributed by atoms with van der Waals surface area (Å²) in [5.41, 5.74) is -0.167. The fourth-order valence-corrected chi connectivity index (χ4v) is 4.31. The van der Waals surface area contributed by atoms with E-state index in [4.69, 9.17) is 0 Å². The molecule has 4 nitrogen and oxygen atoms in total. The first-order valence-corrected chi connectivity index (χ1v) is 8.58. The summed E-state index contributed by atoms with van der Waals surface area (Å²) in [6.45, 7) is 2.18. The molecular weight excluding hydrogens is 341 g/mol. The van der Waals surface area contributed by atoms with Gasteiger partial charge in [0.25, 0.3) is 0 Å². The van der Waals surface area contributed by atoms with E-state index in [9.17, 15) is 4.79 Å². The number of nitrogens with zero attached hydrogens (tertiary/aromatic N) is 1. The molecule has 2 fully saturated rings. The molecule has 7 heteroatoms. The van der Waals surface area contributed by atoms with Crippen molar-refractivity contribution in [1.82, 2.24) is 15.6 Å². The van der Waals surface area contributed by atoms with Gasteiger partial charge in [-0.1, -0.05) is 12.8 Å². The van der Waals surface area contributed by atoms with E-state index in [0.717, 1.165) is 37.4 Å². The molecule has 1 unspecified atom stereocenters. The Hall–Kier alpha value is -0.360. The number of nitrogens with one attached hydrogen (secondary N) is 2. The molecule has 0 radical (unpaired) electrons. The van der Waals surface area contributed by atoms with Crippen molar-refractivity contribution in [2.45, 2.75) is 50.5 Å². The number of hydrogen-bond donors (Lipinski definition) is 2. The molecule has 22 heavy (non-hydrogen) atoms. The standard InChI is InChI=1S/C15H23N3OS.2ClH/c19-13(4-3-12-5-8-16-11-12)18-15(6-1-2-7-15)14-17-9-10-20-14;;/h9-10,12,16H,1-8,11H2,(H,18,19);2*1H. The molecule has 1 atom stereocenters. The number of thiazole rings is 1. The van der Waals surface area contributed by atoms with Crippen LogP contribution in [0.1, 0.15) is 50.0 Å². The lowest BCUT2D eigenvalue weighted by Crippen LogP contribution is -2.43. The van der Waals surface area contributed by atoms with Crippen LogP contribution in [0.3, 0.4) is 0 Å². The van der Waals surface area contributed by atoms with Crippen molar-refractivity contribution in [3.63, 3.8) is 0 Å². The Morgan fingerprint density at radius 2 is 2.18 bits per heavy atom. The summed E-state index contributed by atoms with van der Waals surface area (Å²) in [5, 5.41) is 9.76. The largest absolute Gasteiger partial charge is 0.344 e. The van der Waals surface area contributed by atoms with Crippen LogP contribution < -0.4 is 10.6 Å². The third-order valence-electron chi connectivity index (χ3n) is 4.62. The van der Waals surface area contributed by atoms with E-state index in [1.54, 1.807) is 11.3 Å². The zero-order valence-corrected chi connectivity index (χ0v) is 15.1. The zero-order valence-electron chi connectivity index (χ0n) is 12.7. The predicted octanol–water partition coefficient (Wildman–Crippen LogP) is 3.26. The highest BCUT2D eigenvalue weighted by molar-refractivity contribution is 7.09. The van der Waals surface area contributed by atoms with Crippen LogP contribution in [0.25, 0.3) is 0 Å². The fraction of sp³-hybridized carbons (Fsp3) is 0.733. The quantitative estimate of drug-likeness (QED) is 0.841. The van der Waals surface area contributed by atoms with Crippen molar-refractivity contribution in [3.8, 4) is 0 Å². The second kappa shape index (κ2) is 9.06. The van der Waals surface area contributed by atoms with Gasteiger partial charge in [0.15, 0.2) is 0 Å². The molecule has 126 valence electrons. The van der Waals surface area contributed by atoms with Gasteiger partial charge in [-0.2, -0.15) is 0 Å². The van der Waals surface area contributed by atoms with Crippen molar-refractivity contribution in [2.75, 3.05) is 13.1 Å². The van der Waals surface area contributed by atoms with Crippen molar-refractivity contribution in [2.24, 2.45) is 5.92 Å². The van der Waals surface area contributed by atoms with Crippen molar-refractivity contribution >= 4 is 42.1 Å². The number of rotatable bonds is 5. The lowest BCUT2D eigenvalue weighted by Gasteiger charge is -2.28. The molecule has 0 spiro atoms. The van der Waals surface area contributed by atoms with E-state index >= 15 is 0 Å². The Balaban J connectivity index is 0.00000121. The smallest absolute Gasteiger partial charge is 0.220 e. The monoisotopic (exact) mass is 365 g/mol. The highest BCUT2D eigenvalue weighted by atomic mass is 35.5. The number of amides is 1. The number of aromatic nitrogens is 1. The van der Waals surface area contributed by atoms with Gasteiger partial charge in [-0.05, 0) is 44.7 Å². The number of carbonyl (C=O) groups excluding carboxylic acids is 1.